The summed E-state index contributed by atoms with van der Waals surface area (Å²) in [6, 6.07) is 3.67. The van der Waals surface area contributed by atoms with E-state index in [1.807, 2.05) is 49.9 Å². The first-order valence-electron chi connectivity index (χ1n) is 6.45. The quantitative estimate of drug-likeness (QED) is 0.825. The van der Waals surface area contributed by atoms with Crippen LogP contribution in [0.5, 0.6) is 0 Å². The summed E-state index contributed by atoms with van der Waals surface area (Å²) in [5.74, 6) is -0.0602. The first-order valence-corrected chi connectivity index (χ1v) is 6.45. The molecule has 0 unspecified atom stereocenters. The normalized spacial score (nSPS) is 11.2. The summed E-state index contributed by atoms with van der Waals surface area (Å²) in [6.45, 7) is 3.57. The zero-order valence-electron chi connectivity index (χ0n) is 11.7. The van der Waals surface area contributed by atoms with Crippen LogP contribution in [0.15, 0.2) is 24.5 Å². The molecule has 0 radical (unpaired) electrons. The highest BCUT2D eigenvalue weighted by Gasteiger charge is 2.11. The molecule has 5 heteroatoms. The van der Waals surface area contributed by atoms with Gasteiger partial charge in [0.1, 0.15) is 5.65 Å². The number of carbonyl (C=O) groups excluding carboxylic acids is 1. The monoisotopic (exact) mass is 260 g/mol. The number of imidazole rings is 1. The number of rotatable bonds is 5. The molecule has 0 aliphatic carbocycles. The van der Waals surface area contributed by atoms with Gasteiger partial charge in [-0.3, -0.25) is 4.79 Å². The maximum Gasteiger partial charge on any atom is 0.255 e. The number of nitrogens with one attached hydrogen (secondary N) is 1. The summed E-state index contributed by atoms with van der Waals surface area (Å²) in [6.07, 6.45) is 4.76. The average Bonchev–Trinajstić information content (AvgIpc) is 2.73. The Labute approximate surface area is 113 Å². The van der Waals surface area contributed by atoms with Crippen molar-refractivity contribution in [1.82, 2.24) is 19.6 Å². The topological polar surface area (TPSA) is 49.6 Å². The van der Waals surface area contributed by atoms with Gasteiger partial charge in [0.25, 0.3) is 5.91 Å². The molecule has 0 atom stereocenters. The molecule has 0 aromatic carbocycles. The number of aryl methyl sites for hydroxylation is 1. The van der Waals surface area contributed by atoms with Crippen molar-refractivity contribution in [3.63, 3.8) is 0 Å². The molecule has 2 aromatic heterocycles. The van der Waals surface area contributed by atoms with E-state index < -0.39 is 0 Å². The van der Waals surface area contributed by atoms with Crippen LogP contribution in [-0.2, 0) is 0 Å². The lowest BCUT2D eigenvalue weighted by Gasteiger charge is -2.10. The van der Waals surface area contributed by atoms with E-state index in [1.165, 1.54) is 0 Å². The number of carbonyl (C=O) groups is 1. The summed E-state index contributed by atoms with van der Waals surface area (Å²) < 4.78 is 1.88. The third kappa shape index (κ3) is 3.32. The van der Waals surface area contributed by atoms with E-state index in [0.717, 1.165) is 18.7 Å². The summed E-state index contributed by atoms with van der Waals surface area (Å²) in [5.41, 5.74) is 2.25. The third-order valence-corrected chi connectivity index (χ3v) is 2.92. The molecule has 0 aliphatic rings. The van der Waals surface area contributed by atoms with Gasteiger partial charge in [-0.25, -0.2) is 4.98 Å². The molecule has 2 heterocycles. The zero-order chi connectivity index (χ0) is 13.8. The molecule has 5 nitrogen and oxygen atoms in total. The highest BCUT2D eigenvalue weighted by Crippen LogP contribution is 2.10. The van der Waals surface area contributed by atoms with Crippen LogP contribution in [0.3, 0.4) is 0 Å². The van der Waals surface area contributed by atoms with Gasteiger partial charge in [0.05, 0.1) is 11.3 Å². The van der Waals surface area contributed by atoms with Crippen LogP contribution >= 0.6 is 0 Å². The van der Waals surface area contributed by atoms with E-state index in [9.17, 15) is 4.79 Å². The fraction of sp³-hybridized carbons (Fsp3) is 0.429. The molecular formula is C14H20N4O. The Kier molecular flexibility index (Phi) is 4.16. The second-order valence-electron chi connectivity index (χ2n) is 4.95. The first-order chi connectivity index (χ1) is 9.08. The standard InChI is InChI=1S/C14H20N4O/c1-11-10-18-9-4-6-12(13(18)16-11)14(19)15-7-5-8-17(2)3/h4,6,9-10H,5,7-8H2,1-3H3,(H,15,19). The maximum absolute atomic E-state index is 12.1. The van der Waals surface area contributed by atoms with E-state index in [2.05, 4.69) is 15.2 Å². The minimum absolute atomic E-state index is 0.0602. The van der Waals surface area contributed by atoms with Gasteiger partial charge in [0, 0.05) is 18.9 Å². The molecule has 0 fully saturated rings. The first kappa shape index (κ1) is 13.5. The largest absolute Gasteiger partial charge is 0.352 e. The highest BCUT2D eigenvalue weighted by atomic mass is 16.1. The number of aromatic nitrogens is 2. The zero-order valence-corrected chi connectivity index (χ0v) is 11.7. The van der Waals surface area contributed by atoms with Gasteiger partial charge in [0.2, 0.25) is 0 Å². The summed E-state index contributed by atoms with van der Waals surface area (Å²) in [5, 5.41) is 2.94. The summed E-state index contributed by atoms with van der Waals surface area (Å²) in [4.78, 5) is 18.6. The Morgan fingerprint density at radius 3 is 3.00 bits per heavy atom. The van der Waals surface area contributed by atoms with E-state index in [0.29, 0.717) is 17.8 Å². The van der Waals surface area contributed by atoms with Crippen LogP contribution in [0.2, 0.25) is 0 Å². The lowest BCUT2D eigenvalue weighted by atomic mass is 10.2. The highest BCUT2D eigenvalue weighted by molar-refractivity contribution is 5.99. The minimum Gasteiger partial charge on any atom is -0.352 e. The summed E-state index contributed by atoms with van der Waals surface area (Å²) >= 11 is 0. The number of hydrogen-bond donors (Lipinski definition) is 1. The van der Waals surface area contributed by atoms with Gasteiger partial charge in [-0.15, -0.1) is 0 Å². The van der Waals surface area contributed by atoms with Crippen LogP contribution in [-0.4, -0.2) is 47.4 Å². The second kappa shape index (κ2) is 5.84. The summed E-state index contributed by atoms with van der Waals surface area (Å²) in [7, 11) is 4.05. The fourth-order valence-electron chi connectivity index (χ4n) is 2.01. The number of pyridine rings is 1. The molecule has 0 saturated carbocycles. The number of nitrogens with zero attached hydrogens (tertiary/aromatic N) is 3. The Bertz CT molecular complexity index is 574. The van der Waals surface area contributed by atoms with E-state index in [4.69, 9.17) is 0 Å². The molecule has 102 valence electrons. The van der Waals surface area contributed by atoms with Gasteiger partial charge in [-0.2, -0.15) is 0 Å². The molecular weight excluding hydrogens is 240 g/mol. The fourth-order valence-corrected chi connectivity index (χ4v) is 2.01. The van der Waals surface area contributed by atoms with Crippen LogP contribution in [0.25, 0.3) is 5.65 Å². The Morgan fingerprint density at radius 2 is 2.26 bits per heavy atom. The number of amides is 1. The number of hydrogen-bond acceptors (Lipinski definition) is 3. The molecule has 2 rings (SSSR count). The second-order valence-corrected chi connectivity index (χ2v) is 4.95. The van der Waals surface area contributed by atoms with Crippen LogP contribution < -0.4 is 5.32 Å². The van der Waals surface area contributed by atoms with Gasteiger partial charge in [0.15, 0.2) is 0 Å². The smallest absolute Gasteiger partial charge is 0.255 e. The molecule has 19 heavy (non-hydrogen) atoms. The Balaban J connectivity index is 2.05. The SMILES string of the molecule is Cc1cn2cccc(C(=O)NCCCN(C)C)c2n1. The van der Waals surface area contributed by atoms with Crippen LogP contribution in [0.1, 0.15) is 22.5 Å². The van der Waals surface area contributed by atoms with E-state index in [1.54, 1.807) is 0 Å². The van der Waals surface area contributed by atoms with Crippen LogP contribution in [0, 0.1) is 6.92 Å². The van der Waals surface area contributed by atoms with Crippen molar-refractivity contribution in [2.45, 2.75) is 13.3 Å². The average molecular weight is 260 g/mol. The lowest BCUT2D eigenvalue weighted by Crippen LogP contribution is -2.27. The van der Waals surface area contributed by atoms with Crippen molar-refractivity contribution in [3.8, 4) is 0 Å². The molecule has 2 aromatic rings. The van der Waals surface area contributed by atoms with Crippen molar-refractivity contribution < 1.29 is 4.79 Å². The molecule has 1 N–H and O–H groups in total. The van der Waals surface area contributed by atoms with Gasteiger partial charge < -0.3 is 14.6 Å². The van der Waals surface area contributed by atoms with Crippen molar-refractivity contribution in [1.29, 1.82) is 0 Å². The van der Waals surface area contributed by atoms with Crippen LogP contribution in [0.4, 0.5) is 0 Å². The predicted octanol–water partition coefficient (Wildman–Crippen LogP) is 1.32. The molecule has 0 spiro atoms. The van der Waals surface area contributed by atoms with Gasteiger partial charge in [-0.05, 0) is 46.1 Å². The number of fused-ring (bicyclic) bond motifs is 1. The van der Waals surface area contributed by atoms with Gasteiger partial charge >= 0.3 is 0 Å². The van der Waals surface area contributed by atoms with E-state index in [-0.39, 0.29) is 5.91 Å². The molecule has 0 saturated heterocycles. The van der Waals surface area contributed by atoms with E-state index >= 15 is 0 Å². The van der Waals surface area contributed by atoms with Crippen molar-refractivity contribution in [3.05, 3.63) is 35.8 Å². The van der Waals surface area contributed by atoms with Crippen molar-refractivity contribution in [2.24, 2.45) is 0 Å². The maximum atomic E-state index is 12.1. The Morgan fingerprint density at radius 1 is 1.47 bits per heavy atom. The van der Waals surface area contributed by atoms with Crippen molar-refractivity contribution in [2.75, 3.05) is 27.2 Å². The Hall–Kier alpha value is -1.88. The van der Waals surface area contributed by atoms with Gasteiger partial charge in [-0.1, -0.05) is 0 Å². The van der Waals surface area contributed by atoms with Crippen molar-refractivity contribution >= 4 is 11.6 Å². The molecule has 0 aliphatic heterocycles. The molecule has 0 bridgehead atoms. The minimum atomic E-state index is -0.0602. The lowest BCUT2D eigenvalue weighted by molar-refractivity contribution is 0.0953. The molecule has 1 amide bonds. The predicted molar refractivity (Wildman–Crippen MR) is 75.4 cm³/mol. The third-order valence-electron chi connectivity index (χ3n) is 2.92.